The fourth-order valence-corrected chi connectivity index (χ4v) is 5.83. The number of nitrogens with zero attached hydrogens (tertiary/aromatic N) is 4. The van der Waals surface area contributed by atoms with Crippen LogP contribution < -0.4 is 5.32 Å². The number of aromatic nitrogens is 3. The summed E-state index contributed by atoms with van der Waals surface area (Å²) in [4.78, 5) is 14.1. The number of rotatable bonds is 6. The summed E-state index contributed by atoms with van der Waals surface area (Å²) in [5.41, 5.74) is 2.96. The van der Waals surface area contributed by atoms with Crippen molar-refractivity contribution in [2.75, 3.05) is 5.32 Å². The third-order valence-electron chi connectivity index (χ3n) is 5.55. The van der Waals surface area contributed by atoms with Gasteiger partial charge in [-0.3, -0.25) is 4.79 Å². The highest BCUT2D eigenvalue weighted by Gasteiger charge is 2.24. The maximum Gasteiger partial charge on any atom is 0.238 e. The van der Waals surface area contributed by atoms with E-state index in [9.17, 15) is 10.1 Å². The normalized spacial score (nSPS) is 14.4. The van der Waals surface area contributed by atoms with Gasteiger partial charge in [-0.1, -0.05) is 48.5 Å². The minimum absolute atomic E-state index is 0.120. The number of amides is 1. The van der Waals surface area contributed by atoms with E-state index in [-0.39, 0.29) is 11.2 Å². The van der Waals surface area contributed by atoms with Gasteiger partial charge in [0.2, 0.25) is 5.91 Å². The molecule has 1 atom stereocenters. The zero-order valence-corrected chi connectivity index (χ0v) is 19.4. The molecule has 3 aromatic rings. The van der Waals surface area contributed by atoms with E-state index in [4.69, 9.17) is 0 Å². The zero-order chi connectivity index (χ0) is 21.8. The van der Waals surface area contributed by atoms with E-state index in [0.29, 0.717) is 22.1 Å². The number of nitrogens with one attached hydrogen (secondary N) is 1. The number of benzene rings is 1. The third-order valence-corrected chi connectivity index (χ3v) is 7.89. The Kier molecular flexibility index (Phi) is 6.73. The van der Waals surface area contributed by atoms with Crippen LogP contribution in [0.3, 0.4) is 0 Å². The average Bonchev–Trinajstić information content (AvgIpc) is 3.17. The van der Waals surface area contributed by atoms with Crippen molar-refractivity contribution < 1.29 is 4.79 Å². The summed E-state index contributed by atoms with van der Waals surface area (Å²) in [5.74, 6) is 0.737. The molecular formula is C23H25N5OS2. The van der Waals surface area contributed by atoms with Crippen LogP contribution >= 0.6 is 23.1 Å². The van der Waals surface area contributed by atoms with Gasteiger partial charge in [-0.2, -0.15) is 5.26 Å². The molecule has 0 saturated carbocycles. The Labute approximate surface area is 190 Å². The largest absolute Gasteiger partial charge is 0.316 e. The van der Waals surface area contributed by atoms with Gasteiger partial charge in [0.15, 0.2) is 5.16 Å². The molecule has 1 aromatic carbocycles. The molecule has 0 unspecified atom stereocenters. The van der Waals surface area contributed by atoms with E-state index in [1.807, 2.05) is 36.7 Å². The molecule has 2 heterocycles. The average molecular weight is 452 g/mol. The van der Waals surface area contributed by atoms with Crippen LogP contribution in [0.25, 0.3) is 0 Å². The van der Waals surface area contributed by atoms with Gasteiger partial charge in [0.05, 0.1) is 10.8 Å². The van der Waals surface area contributed by atoms with Crippen molar-refractivity contribution in [1.29, 1.82) is 5.26 Å². The van der Waals surface area contributed by atoms with Crippen molar-refractivity contribution in [3.63, 3.8) is 0 Å². The summed E-state index contributed by atoms with van der Waals surface area (Å²) >= 11 is 2.94. The molecule has 6 nitrogen and oxygen atoms in total. The summed E-state index contributed by atoms with van der Waals surface area (Å²) in [5, 5.41) is 22.3. The zero-order valence-electron chi connectivity index (χ0n) is 17.7. The highest BCUT2D eigenvalue weighted by atomic mass is 32.2. The number of nitriles is 1. The van der Waals surface area contributed by atoms with E-state index in [1.165, 1.54) is 28.6 Å². The molecule has 160 valence electrons. The van der Waals surface area contributed by atoms with Crippen LogP contribution in [0.15, 0.2) is 35.5 Å². The van der Waals surface area contributed by atoms with Crippen LogP contribution in [-0.4, -0.2) is 25.9 Å². The number of aryl methyl sites for hydroxylation is 1. The van der Waals surface area contributed by atoms with Gasteiger partial charge in [-0.05, 0) is 43.7 Å². The minimum Gasteiger partial charge on any atom is -0.316 e. The van der Waals surface area contributed by atoms with Gasteiger partial charge in [0, 0.05) is 18.3 Å². The van der Waals surface area contributed by atoms with E-state index < -0.39 is 0 Å². The summed E-state index contributed by atoms with van der Waals surface area (Å²) in [6.07, 6.45) is 6.07. The van der Waals surface area contributed by atoms with Gasteiger partial charge in [-0.25, -0.2) is 0 Å². The first kappa shape index (κ1) is 21.6. The number of carbonyl (C=O) groups excluding carboxylic acids is 1. The maximum absolute atomic E-state index is 12.9. The van der Waals surface area contributed by atoms with Crippen molar-refractivity contribution in [1.82, 2.24) is 14.8 Å². The highest BCUT2D eigenvalue weighted by molar-refractivity contribution is 8.00. The van der Waals surface area contributed by atoms with Gasteiger partial charge >= 0.3 is 0 Å². The van der Waals surface area contributed by atoms with Crippen LogP contribution in [0.4, 0.5) is 5.00 Å². The van der Waals surface area contributed by atoms with Crippen LogP contribution in [0.5, 0.6) is 0 Å². The van der Waals surface area contributed by atoms with E-state index in [2.05, 4.69) is 33.7 Å². The lowest BCUT2D eigenvalue weighted by Crippen LogP contribution is -2.22. The molecule has 1 aliphatic carbocycles. The van der Waals surface area contributed by atoms with Gasteiger partial charge in [-0.15, -0.1) is 21.5 Å². The van der Waals surface area contributed by atoms with Gasteiger partial charge < -0.3 is 9.88 Å². The summed E-state index contributed by atoms with van der Waals surface area (Å²) in [6, 6.07) is 12.5. The SMILES string of the molecule is C[C@@H](Sc1nnc(Cc2ccccc2)n1C)C(=O)Nc1sc2c(c1C#N)CCCCC2. The number of hydrogen-bond acceptors (Lipinski definition) is 6. The topological polar surface area (TPSA) is 83.6 Å². The van der Waals surface area contributed by atoms with E-state index in [0.717, 1.165) is 37.1 Å². The molecule has 4 rings (SSSR count). The molecule has 1 amide bonds. The maximum atomic E-state index is 12.9. The van der Waals surface area contributed by atoms with Gasteiger partial charge in [0.1, 0.15) is 16.9 Å². The molecule has 0 saturated heterocycles. The molecule has 0 bridgehead atoms. The van der Waals surface area contributed by atoms with Gasteiger partial charge in [0.25, 0.3) is 0 Å². The third kappa shape index (κ3) is 4.83. The molecule has 8 heteroatoms. The first-order valence-corrected chi connectivity index (χ1v) is 12.2. The summed E-state index contributed by atoms with van der Waals surface area (Å²) in [6.45, 7) is 1.86. The Bertz CT molecular complexity index is 1110. The fraction of sp³-hybridized carbons (Fsp3) is 0.391. The molecule has 31 heavy (non-hydrogen) atoms. The molecule has 2 aromatic heterocycles. The Morgan fingerprint density at radius 2 is 2.03 bits per heavy atom. The van der Waals surface area contributed by atoms with Crippen LogP contribution in [-0.2, 0) is 31.1 Å². The highest BCUT2D eigenvalue weighted by Crippen LogP contribution is 2.37. The van der Waals surface area contributed by atoms with Crippen molar-refractivity contribution in [2.24, 2.45) is 7.05 Å². The summed E-state index contributed by atoms with van der Waals surface area (Å²) in [7, 11) is 1.93. The number of anilines is 1. The first-order chi connectivity index (χ1) is 15.1. The number of carbonyl (C=O) groups is 1. The molecule has 1 N–H and O–H groups in total. The van der Waals surface area contributed by atoms with Crippen molar-refractivity contribution >= 4 is 34.0 Å². The number of thiophene rings is 1. The number of fused-ring (bicyclic) bond motifs is 1. The number of thioether (sulfide) groups is 1. The molecule has 0 spiro atoms. The molecule has 0 aliphatic heterocycles. The van der Waals surface area contributed by atoms with E-state index >= 15 is 0 Å². The lowest BCUT2D eigenvalue weighted by molar-refractivity contribution is -0.115. The Balaban J connectivity index is 1.44. The Hall–Kier alpha value is -2.63. The summed E-state index contributed by atoms with van der Waals surface area (Å²) < 4.78 is 1.94. The second-order valence-electron chi connectivity index (χ2n) is 7.75. The van der Waals surface area contributed by atoms with E-state index in [1.54, 1.807) is 11.3 Å². The molecule has 0 radical (unpaired) electrons. The van der Waals surface area contributed by atoms with Crippen molar-refractivity contribution in [2.45, 2.75) is 55.9 Å². The second kappa shape index (κ2) is 9.67. The predicted octanol–water partition coefficient (Wildman–Crippen LogP) is 4.73. The monoisotopic (exact) mass is 451 g/mol. The molecular weight excluding hydrogens is 426 g/mol. The van der Waals surface area contributed by atoms with Crippen LogP contribution in [0, 0.1) is 11.3 Å². The minimum atomic E-state index is -0.360. The van der Waals surface area contributed by atoms with Crippen molar-refractivity contribution in [3.8, 4) is 6.07 Å². The lowest BCUT2D eigenvalue weighted by atomic mass is 10.1. The van der Waals surface area contributed by atoms with Crippen LogP contribution in [0.1, 0.15) is 53.6 Å². The lowest BCUT2D eigenvalue weighted by Gasteiger charge is -2.11. The Morgan fingerprint density at radius 1 is 1.26 bits per heavy atom. The van der Waals surface area contributed by atoms with Crippen LogP contribution in [0.2, 0.25) is 0 Å². The first-order valence-electron chi connectivity index (χ1n) is 10.5. The molecule has 0 fully saturated rings. The standard InChI is InChI=1S/C23H25N5OS2/c1-15(30-23-27-26-20(28(23)2)13-16-9-5-3-6-10-16)21(29)25-22-18(14-24)17-11-7-4-8-12-19(17)31-22/h3,5-6,9-10,15H,4,7-8,11-13H2,1-2H3,(H,25,29)/t15-/m1/s1. The predicted molar refractivity (Wildman–Crippen MR) is 124 cm³/mol. The Morgan fingerprint density at radius 3 is 2.81 bits per heavy atom. The quantitative estimate of drug-likeness (QED) is 0.433. The van der Waals surface area contributed by atoms with Crippen molar-refractivity contribution in [3.05, 3.63) is 57.7 Å². The smallest absolute Gasteiger partial charge is 0.238 e. The molecule has 1 aliphatic rings. The number of hydrogen-bond donors (Lipinski definition) is 1. The second-order valence-corrected chi connectivity index (χ2v) is 10.2. The fourth-order valence-electron chi connectivity index (χ4n) is 3.75.